The fourth-order valence-corrected chi connectivity index (χ4v) is 4.18. The number of aromatic nitrogens is 3. The number of amides is 3. The van der Waals surface area contributed by atoms with Crippen molar-refractivity contribution in [1.82, 2.24) is 19.5 Å². The van der Waals surface area contributed by atoms with Crippen LogP contribution in [0, 0.1) is 0 Å². The van der Waals surface area contributed by atoms with E-state index in [1.165, 1.54) is 30.3 Å². The Bertz CT molecular complexity index is 1380. The first-order chi connectivity index (χ1) is 17.5. The number of nitrogens with zero attached hydrogens (tertiary/aromatic N) is 4. The summed E-state index contributed by atoms with van der Waals surface area (Å²) in [6.07, 6.45) is -1.16. The molecule has 1 fully saturated rings. The molecule has 4 rings (SSSR count). The number of carbonyl (C=O) groups excluding carboxylic acids is 3. The highest BCUT2D eigenvalue weighted by Crippen LogP contribution is 2.34. The molecule has 3 amide bonds. The number of carbonyl (C=O) groups is 3. The zero-order valence-corrected chi connectivity index (χ0v) is 19.3. The lowest BCUT2D eigenvalue weighted by Crippen LogP contribution is -2.32. The standard InChI is InChI=1S/C24H22F3N7O3/c1-2-18(35)33-11-3-4-16(33)22-32-19(20(21(28)36)34(22)29)13-5-7-14(8-6-13)23(37)31-17-12-15(9-10-30-17)24(25,26)27/h2,5-10,12,16H,1,3-4,11,29H2,(H2,28,36)(H,30,31,37). The second-order valence-electron chi connectivity index (χ2n) is 8.25. The van der Waals surface area contributed by atoms with Crippen LogP contribution in [0.4, 0.5) is 19.0 Å². The van der Waals surface area contributed by atoms with Crippen molar-refractivity contribution in [2.45, 2.75) is 25.1 Å². The zero-order chi connectivity index (χ0) is 26.9. The summed E-state index contributed by atoms with van der Waals surface area (Å²) in [6, 6.07) is 6.84. The van der Waals surface area contributed by atoms with Crippen LogP contribution in [0.1, 0.15) is 51.1 Å². The van der Waals surface area contributed by atoms with Crippen molar-refractivity contribution >= 4 is 23.5 Å². The number of pyridine rings is 1. The van der Waals surface area contributed by atoms with Crippen molar-refractivity contribution in [3.63, 3.8) is 0 Å². The van der Waals surface area contributed by atoms with Gasteiger partial charge in [0.2, 0.25) is 5.91 Å². The van der Waals surface area contributed by atoms with E-state index >= 15 is 0 Å². The third-order valence-corrected chi connectivity index (χ3v) is 5.93. The van der Waals surface area contributed by atoms with E-state index in [4.69, 9.17) is 11.6 Å². The van der Waals surface area contributed by atoms with E-state index in [1.807, 2.05) is 0 Å². The smallest absolute Gasteiger partial charge is 0.364 e. The second-order valence-corrected chi connectivity index (χ2v) is 8.25. The van der Waals surface area contributed by atoms with Crippen molar-refractivity contribution in [1.29, 1.82) is 0 Å². The molecule has 0 saturated carbocycles. The maximum atomic E-state index is 12.9. The Morgan fingerprint density at radius 1 is 1.16 bits per heavy atom. The number of primary amides is 1. The van der Waals surface area contributed by atoms with Crippen molar-refractivity contribution in [3.8, 4) is 11.3 Å². The predicted octanol–water partition coefficient (Wildman–Crippen LogP) is 2.88. The summed E-state index contributed by atoms with van der Waals surface area (Å²) in [6.45, 7) is 3.99. The van der Waals surface area contributed by atoms with Crippen molar-refractivity contribution in [3.05, 3.63) is 77.9 Å². The first-order valence-corrected chi connectivity index (χ1v) is 11.1. The summed E-state index contributed by atoms with van der Waals surface area (Å²) in [5.74, 6) is 4.36. The molecule has 3 aromatic rings. The van der Waals surface area contributed by atoms with Gasteiger partial charge in [0, 0.05) is 23.9 Å². The van der Waals surface area contributed by atoms with Crippen molar-refractivity contribution < 1.29 is 27.6 Å². The highest BCUT2D eigenvalue weighted by molar-refractivity contribution is 6.04. The first kappa shape index (κ1) is 25.4. The van der Waals surface area contributed by atoms with Crippen LogP contribution in [-0.4, -0.2) is 43.8 Å². The fourth-order valence-electron chi connectivity index (χ4n) is 4.18. The topological polar surface area (TPSA) is 149 Å². The third-order valence-electron chi connectivity index (χ3n) is 5.93. The summed E-state index contributed by atoms with van der Waals surface area (Å²) in [5, 5.41) is 2.32. The molecule has 3 heterocycles. The van der Waals surface area contributed by atoms with Crippen molar-refractivity contribution in [2.75, 3.05) is 17.7 Å². The van der Waals surface area contributed by atoms with Gasteiger partial charge in [-0.15, -0.1) is 0 Å². The Morgan fingerprint density at radius 2 is 1.86 bits per heavy atom. The second kappa shape index (κ2) is 9.76. The van der Waals surface area contributed by atoms with Gasteiger partial charge in [0.1, 0.15) is 11.5 Å². The molecule has 0 radical (unpaired) electrons. The molecular weight excluding hydrogens is 491 g/mol. The van der Waals surface area contributed by atoms with Gasteiger partial charge in [-0.25, -0.2) is 14.6 Å². The molecular formula is C24H22F3N7O3. The molecule has 10 nitrogen and oxygen atoms in total. The molecule has 5 N–H and O–H groups in total. The number of nitrogens with two attached hydrogens (primary N) is 2. The molecule has 1 aliphatic rings. The molecule has 0 bridgehead atoms. The van der Waals surface area contributed by atoms with E-state index in [2.05, 4.69) is 21.9 Å². The molecule has 1 unspecified atom stereocenters. The average Bonchev–Trinajstić information content (AvgIpc) is 3.47. The minimum absolute atomic E-state index is 0.0849. The van der Waals surface area contributed by atoms with Gasteiger partial charge < -0.3 is 21.8 Å². The Kier molecular flexibility index (Phi) is 6.70. The van der Waals surface area contributed by atoms with Crippen molar-refractivity contribution in [2.24, 2.45) is 5.73 Å². The lowest BCUT2D eigenvalue weighted by atomic mass is 10.1. The van der Waals surface area contributed by atoms with Gasteiger partial charge >= 0.3 is 6.18 Å². The number of rotatable bonds is 6. The maximum Gasteiger partial charge on any atom is 0.416 e. The van der Waals surface area contributed by atoms with E-state index in [0.29, 0.717) is 24.9 Å². The predicted molar refractivity (Wildman–Crippen MR) is 127 cm³/mol. The van der Waals surface area contributed by atoms with Gasteiger partial charge in [-0.2, -0.15) is 13.2 Å². The Balaban J connectivity index is 1.61. The first-order valence-electron chi connectivity index (χ1n) is 11.1. The number of nitrogen functional groups attached to an aromatic ring is 1. The van der Waals surface area contributed by atoms with Crippen LogP contribution < -0.4 is 16.9 Å². The number of benzene rings is 1. The number of imidazole rings is 1. The molecule has 1 aromatic carbocycles. The fraction of sp³-hybridized carbons (Fsp3) is 0.208. The van der Waals surface area contributed by atoms with E-state index in [9.17, 15) is 27.6 Å². The van der Waals surface area contributed by atoms with Crippen LogP contribution in [0.5, 0.6) is 0 Å². The highest BCUT2D eigenvalue weighted by Gasteiger charge is 2.35. The number of alkyl halides is 3. The SMILES string of the molecule is C=CC(=O)N1CCCC1c1nc(-c2ccc(C(=O)Nc3cc(C(F)(F)F)ccn3)cc2)c(C(N)=O)n1N. The van der Waals surface area contributed by atoms with Gasteiger partial charge in [-0.05, 0) is 43.2 Å². The van der Waals surface area contributed by atoms with E-state index in [-0.39, 0.29) is 34.5 Å². The zero-order valence-electron chi connectivity index (χ0n) is 19.3. The Morgan fingerprint density at radius 3 is 2.49 bits per heavy atom. The van der Waals surface area contributed by atoms with E-state index < -0.39 is 29.6 Å². The van der Waals surface area contributed by atoms with Gasteiger partial charge in [0.15, 0.2) is 11.5 Å². The average molecular weight is 513 g/mol. The number of hydrogen-bond acceptors (Lipinski definition) is 6. The molecule has 37 heavy (non-hydrogen) atoms. The molecule has 192 valence electrons. The minimum Gasteiger partial charge on any atom is -0.364 e. The largest absolute Gasteiger partial charge is 0.416 e. The molecule has 13 heteroatoms. The number of anilines is 1. The lowest BCUT2D eigenvalue weighted by molar-refractivity contribution is -0.137. The van der Waals surface area contributed by atoms with Gasteiger partial charge in [0.25, 0.3) is 11.8 Å². The minimum atomic E-state index is -4.58. The van der Waals surface area contributed by atoms with E-state index in [0.717, 1.165) is 23.0 Å². The monoisotopic (exact) mass is 513 g/mol. The van der Waals surface area contributed by atoms with Gasteiger partial charge in [-0.3, -0.25) is 14.4 Å². The van der Waals surface area contributed by atoms with Crippen LogP contribution in [0.15, 0.2) is 55.3 Å². The summed E-state index contributed by atoms with van der Waals surface area (Å²) >= 11 is 0. The number of likely N-dealkylation sites (tertiary alicyclic amines) is 1. The van der Waals surface area contributed by atoms with Crippen LogP contribution in [0.2, 0.25) is 0 Å². The highest BCUT2D eigenvalue weighted by atomic mass is 19.4. The summed E-state index contributed by atoms with van der Waals surface area (Å²) in [5.41, 5.74) is 5.22. The Labute approximate surface area is 208 Å². The lowest BCUT2D eigenvalue weighted by Gasteiger charge is -2.22. The molecule has 2 aromatic heterocycles. The summed E-state index contributed by atoms with van der Waals surface area (Å²) in [4.78, 5) is 46.9. The molecule has 1 aliphatic heterocycles. The Hall–Kier alpha value is -4.68. The quantitative estimate of drug-likeness (QED) is 0.341. The van der Waals surface area contributed by atoms with E-state index in [1.54, 1.807) is 4.90 Å². The number of hydrogen-bond donors (Lipinski definition) is 3. The number of nitrogens with one attached hydrogen (secondary N) is 1. The summed E-state index contributed by atoms with van der Waals surface area (Å²) < 4.78 is 39.8. The number of halogens is 3. The molecule has 1 atom stereocenters. The molecule has 0 aliphatic carbocycles. The normalized spacial score (nSPS) is 15.4. The van der Waals surface area contributed by atoms with Crippen LogP contribution >= 0.6 is 0 Å². The third kappa shape index (κ3) is 5.01. The van der Waals surface area contributed by atoms with Crippen LogP contribution in [0.3, 0.4) is 0 Å². The maximum absolute atomic E-state index is 12.9. The van der Waals surface area contributed by atoms with Crippen LogP contribution in [0.25, 0.3) is 11.3 Å². The summed E-state index contributed by atoms with van der Waals surface area (Å²) in [7, 11) is 0. The molecule has 1 saturated heterocycles. The van der Waals surface area contributed by atoms with Gasteiger partial charge in [0.05, 0.1) is 11.6 Å². The van der Waals surface area contributed by atoms with Crippen LogP contribution in [-0.2, 0) is 11.0 Å². The molecule has 0 spiro atoms. The van der Waals surface area contributed by atoms with Gasteiger partial charge in [-0.1, -0.05) is 18.7 Å².